The van der Waals surface area contributed by atoms with Crippen LogP contribution >= 0.6 is 0 Å². The molecule has 3 fully saturated rings. The van der Waals surface area contributed by atoms with E-state index in [-0.39, 0.29) is 36.4 Å². The number of nitrogens with zero attached hydrogens (tertiary/aromatic N) is 1. The Balaban J connectivity index is 1.41. The fourth-order valence-electron chi connectivity index (χ4n) is 6.97. The number of hydrogen-bond acceptors (Lipinski definition) is 6. The topological polar surface area (TPSA) is 88.9 Å². The van der Waals surface area contributed by atoms with Gasteiger partial charge in [0.2, 0.25) is 0 Å². The predicted octanol–water partition coefficient (Wildman–Crippen LogP) is 4.60. The molecule has 0 amide bonds. The van der Waals surface area contributed by atoms with Crippen molar-refractivity contribution in [3.8, 4) is 5.75 Å². The number of aliphatic hydroxyl groups excluding tert-OH is 2. The Bertz CT molecular complexity index is 1170. The molecule has 5 rings (SSSR count). The van der Waals surface area contributed by atoms with Crippen LogP contribution in [0.4, 0.5) is 0 Å². The van der Waals surface area contributed by atoms with Crippen molar-refractivity contribution < 1.29 is 24.5 Å². The summed E-state index contributed by atoms with van der Waals surface area (Å²) in [5.41, 5.74) is 1.93. The van der Waals surface area contributed by atoms with E-state index >= 15 is 0 Å². The minimum absolute atomic E-state index is 0.0309. The summed E-state index contributed by atoms with van der Waals surface area (Å²) in [5, 5.41) is 21.9. The first-order valence-corrected chi connectivity index (χ1v) is 12.6. The molecule has 0 radical (unpaired) electrons. The molecule has 2 N–H and O–H groups in total. The third kappa shape index (κ3) is 3.97. The van der Waals surface area contributed by atoms with Gasteiger partial charge in [0.25, 0.3) is 0 Å². The van der Waals surface area contributed by atoms with Crippen LogP contribution in [0.5, 0.6) is 5.75 Å². The first-order valence-electron chi connectivity index (χ1n) is 12.6. The monoisotopic (exact) mass is 477 g/mol. The molecule has 0 bridgehead atoms. The van der Waals surface area contributed by atoms with Gasteiger partial charge in [-0.15, -0.1) is 0 Å². The van der Waals surface area contributed by atoms with Gasteiger partial charge in [0.1, 0.15) is 12.4 Å². The number of pyridine rings is 1. The van der Waals surface area contributed by atoms with Gasteiger partial charge < -0.3 is 19.7 Å². The van der Waals surface area contributed by atoms with Crippen LogP contribution in [-0.4, -0.2) is 46.6 Å². The first kappa shape index (κ1) is 24.0. The van der Waals surface area contributed by atoms with Crippen LogP contribution in [0.15, 0.2) is 60.3 Å². The molecule has 6 nitrogen and oxygen atoms in total. The van der Waals surface area contributed by atoms with Gasteiger partial charge in [0, 0.05) is 17.0 Å². The van der Waals surface area contributed by atoms with E-state index in [0.717, 1.165) is 30.2 Å². The van der Waals surface area contributed by atoms with Gasteiger partial charge in [-0.3, -0.25) is 4.98 Å². The van der Waals surface area contributed by atoms with Crippen molar-refractivity contribution in [2.45, 2.75) is 58.2 Å². The molecular weight excluding hydrogens is 442 g/mol. The number of ether oxygens (including phenoxy) is 2. The number of cyclic esters (lactones) is 1. The normalized spacial score (nSPS) is 36.3. The van der Waals surface area contributed by atoms with E-state index in [2.05, 4.69) is 18.5 Å². The van der Waals surface area contributed by atoms with Crippen molar-refractivity contribution in [1.29, 1.82) is 0 Å². The van der Waals surface area contributed by atoms with Gasteiger partial charge in [-0.1, -0.05) is 44.2 Å². The van der Waals surface area contributed by atoms with E-state index in [4.69, 9.17) is 9.47 Å². The van der Waals surface area contributed by atoms with Crippen LogP contribution in [0, 0.1) is 22.7 Å². The second-order valence-electron chi connectivity index (χ2n) is 11.0. The molecular formula is C29H35NO5. The molecule has 1 aromatic carbocycles. The van der Waals surface area contributed by atoms with Crippen molar-refractivity contribution in [3.05, 3.63) is 60.3 Å². The minimum Gasteiger partial charge on any atom is -0.481 e. The molecule has 1 aromatic heterocycles. The minimum atomic E-state index is -0.528. The Morgan fingerprint density at radius 1 is 1.26 bits per heavy atom. The lowest BCUT2D eigenvalue weighted by Gasteiger charge is -2.59. The number of aromatic nitrogens is 1. The highest BCUT2D eigenvalue weighted by molar-refractivity contribution is 5.92. The molecule has 186 valence electrons. The summed E-state index contributed by atoms with van der Waals surface area (Å²) in [7, 11) is 0. The summed E-state index contributed by atoms with van der Waals surface area (Å²) in [6, 6.07) is 9.59. The van der Waals surface area contributed by atoms with Gasteiger partial charge in [-0.2, -0.15) is 0 Å². The quantitative estimate of drug-likeness (QED) is 0.372. The smallest absolute Gasteiger partial charge is 0.337 e. The third-order valence-corrected chi connectivity index (χ3v) is 9.09. The summed E-state index contributed by atoms with van der Waals surface area (Å²) in [6.07, 6.45) is 6.67. The summed E-state index contributed by atoms with van der Waals surface area (Å²) < 4.78 is 11.7. The molecule has 1 saturated heterocycles. The van der Waals surface area contributed by atoms with Crippen LogP contribution < -0.4 is 4.74 Å². The third-order valence-electron chi connectivity index (χ3n) is 9.09. The number of benzene rings is 1. The number of aliphatic hydroxyl groups is 2. The SMILES string of the molecule is C=C1CC[C@@H]2[C@](C)(CO)[C@H](O)CC[C@@]2(C)[C@@H]1C/C=C1/C(=O)OC[C@H]1Oc1ccnc2ccccc12. The first-order chi connectivity index (χ1) is 16.8. The lowest BCUT2D eigenvalue weighted by Crippen LogP contribution is -2.57. The summed E-state index contributed by atoms with van der Waals surface area (Å²) in [6.45, 7) is 8.84. The van der Waals surface area contributed by atoms with E-state index in [9.17, 15) is 15.0 Å². The molecule has 2 saturated carbocycles. The summed E-state index contributed by atoms with van der Waals surface area (Å²) in [5.74, 6) is 0.681. The number of allylic oxidation sites excluding steroid dienone is 2. The van der Waals surface area contributed by atoms with E-state index in [1.54, 1.807) is 6.20 Å². The number of esters is 1. The Morgan fingerprint density at radius 2 is 2.06 bits per heavy atom. The highest BCUT2D eigenvalue weighted by atomic mass is 16.6. The fourth-order valence-corrected chi connectivity index (χ4v) is 6.97. The van der Waals surface area contributed by atoms with Gasteiger partial charge >= 0.3 is 5.97 Å². The fraction of sp³-hybridized carbons (Fsp3) is 0.517. The molecule has 6 atom stereocenters. The average molecular weight is 478 g/mol. The molecule has 0 spiro atoms. The van der Waals surface area contributed by atoms with Crippen LogP contribution in [0.1, 0.15) is 46.0 Å². The maximum absolute atomic E-state index is 12.7. The second kappa shape index (κ2) is 9.07. The van der Waals surface area contributed by atoms with Crippen molar-refractivity contribution in [1.82, 2.24) is 4.98 Å². The molecule has 2 aliphatic carbocycles. The number of hydrogen-bond donors (Lipinski definition) is 2. The lowest BCUT2D eigenvalue weighted by molar-refractivity contribution is -0.151. The zero-order chi connectivity index (χ0) is 24.8. The predicted molar refractivity (Wildman–Crippen MR) is 134 cm³/mol. The number of carbonyl (C=O) groups is 1. The van der Waals surface area contributed by atoms with Crippen molar-refractivity contribution in [2.24, 2.45) is 22.7 Å². The molecule has 35 heavy (non-hydrogen) atoms. The molecule has 3 aliphatic rings. The lowest BCUT2D eigenvalue weighted by atomic mass is 9.46. The maximum atomic E-state index is 12.7. The Hall–Kier alpha value is -2.70. The number of carbonyl (C=O) groups excluding carboxylic acids is 1. The van der Waals surface area contributed by atoms with Gasteiger partial charge in [0.05, 0.1) is 23.8 Å². The highest BCUT2D eigenvalue weighted by Gasteiger charge is 2.57. The summed E-state index contributed by atoms with van der Waals surface area (Å²) in [4.78, 5) is 17.1. The van der Waals surface area contributed by atoms with E-state index in [1.807, 2.05) is 43.3 Å². The van der Waals surface area contributed by atoms with E-state index in [0.29, 0.717) is 24.2 Å². The highest BCUT2D eigenvalue weighted by Crippen LogP contribution is 2.61. The van der Waals surface area contributed by atoms with Crippen LogP contribution in [-0.2, 0) is 9.53 Å². The van der Waals surface area contributed by atoms with Crippen molar-refractivity contribution in [3.63, 3.8) is 0 Å². The van der Waals surface area contributed by atoms with Crippen LogP contribution in [0.2, 0.25) is 0 Å². The molecule has 6 heteroatoms. The number of fused-ring (bicyclic) bond motifs is 2. The molecule has 2 aromatic rings. The second-order valence-corrected chi connectivity index (χ2v) is 11.0. The van der Waals surface area contributed by atoms with Gasteiger partial charge in [-0.05, 0) is 67.6 Å². The standard InChI is InChI=1S/C29H35NO5/c1-18-8-11-25-28(2,14-12-26(32)29(25,3)17-31)21(18)10-9-20-24(16-34-27(20)33)35-23-13-15-30-22-7-5-4-6-19(22)23/h4-7,9,13,15,21,24-26,31-32H,1,8,10-12,14,16-17H2,2-3H3/b20-9+/t21-,24-,25+,26-,28+,29+/m1/s1. The van der Waals surface area contributed by atoms with Crippen LogP contribution in [0.3, 0.4) is 0 Å². The maximum Gasteiger partial charge on any atom is 0.337 e. The number of para-hydroxylation sites is 1. The Kier molecular flexibility index (Phi) is 6.22. The van der Waals surface area contributed by atoms with E-state index < -0.39 is 17.6 Å². The van der Waals surface area contributed by atoms with E-state index in [1.165, 1.54) is 5.57 Å². The molecule has 1 aliphatic heterocycles. The van der Waals surface area contributed by atoms with Crippen LogP contribution in [0.25, 0.3) is 10.9 Å². The van der Waals surface area contributed by atoms with Crippen molar-refractivity contribution >= 4 is 16.9 Å². The molecule has 2 heterocycles. The largest absolute Gasteiger partial charge is 0.481 e. The Morgan fingerprint density at radius 3 is 2.86 bits per heavy atom. The summed E-state index contributed by atoms with van der Waals surface area (Å²) >= 11 is 0. The zero-order valence-electron chi connectivity index (χ0n) is 20.6. The zero-order valence-corrected chi connectivity index (χ0v) is 20.6. The Labute approximate surface area is 206 Å². The molecule has 0 unspecified atom stereocenters. The average Bonchev–Trinajstić information content (AvgIpc) is 3.20. The number of rotatable bonds is 5. The van der Waals surface area contributed by atoms with Gasteiger partial charge in [-0.25, -0.2) is 4.79 Å². The van der Waals surface area contributed by atoms with Crippen molar-refractivity contribution in [2.75, 3.05) is 13.2 Å². The van der Waals surface area contributed by atoms with Gasteiger partial charge in [0.15, 0.2) is 6.10 Å².